The lowest BCUT2D eigenvalue weighted by atomic mass is 10.0. The Labute approximate surface area is 93.9 Å². The van der Waals surface area contributed by atoms with Crippen LogP contribution < -0.4 is 0 Å². The van der Waals surface area contributed by atoms with Crippen LogP contribution in [0.5, 0.6) is 0 Å². The first kappa shape index (κ1) is 12.2. The maximum Gasteiger partial charge on any atom is 0.333 e. The lowest BCUT2D eigenvalue weighted by Gasteiger charge is -2.24. The maximum absolute atomic E-state index is 10.9. The molecule has 84 valence electrons. The lowest BCUT2D eigenvalue weighted by Crippen LogP contribution is -2.30. The van der Waals surface area contributed by atoms with Gasteiger partial charge in [0.2, 0.25) is 5.79 Å². The Hall–Kier alpha value is -1.85. The first-order valence-electron chi connectivity index (χ1n) is 4.92. The highest BCUT2D eigenvalue weighted by molar-refractivity contribution is 5.84. The quantitative estimate of drug-likeness (QED) is 0.651. The Morgan fingerprint density at radius 1 is 1.56 bits per heavy atom. The number of hydrogen-bond donors (Lipinski definition) is 0. The fourth-order valence-corrected chi connectivity index (χ4v) is 1.49. The Bertz CT molecular complexity index is 364. The minimum Gasteiger partial charge on any atom is -0.426 e. The van der Waals surface area contributed by atoms with Gasteiger partial charge >= 0.3 is 5.97 Å². The highest BCUT2D eigenvalue weighted by Crippen LogP contribution is 2.27. The van der Waals surface area contributed by atoms with Crippen LogP contribution in [0.3, 0.4) is 0 Å². The van der Waals surface area contributed by atoms with Crippen molar-refractivity contribution in [1.29, 1.82) is 10.5 Å². The topological polar surface area (TPSA) is 83.1 Å². The van der Waals surface area contributed by atoms with Crippen LogP contribution in [0.4, 0.5) is 0 Å². The van der Waals surface area contributed by atoms with Gasteiger partial charge in [0.15, 0.2) is 0 Å². The second-order valence-electron chi connectivity index (χ2n) is 3.47. The average molecular weight is 220 g/mol. The van der Waals surface area contributed by atoms with Gasteiger partial charge in [0.05, 0.1) is 12.1 Å². The smallest absolute Gasteiger partial charge is 0.333 e. The van der Waals surface area contributed by atoms with Gasteiger partial charge in [-0.25, -0.2) is 4.79 Å². The Morgan fingerprint density at radius 2 is 2.25 bits per heavy atom. The number of ether oxygens (including phenoxy) is 2. The third kappa shape index (κ3) is 2.82. The van der Waals surface area contributed by atoms with Crippen molar-refractivity contribution in [2.24, 2.45) is 5.92 Å². The van der Waals surface area contributed by atoms with Crippen molar-refractivity contribution in [3.63, 3.8) is 0 Å². The van der Waals surface area contributed by atoms with Crippen molar-refractivity contribution < 1.29 is 14.3 Å². The summed E-state index contributed by atoms with van der Waals surface area (Å²) in [6.07, 6.45) is 4.35. The molecule has 0 radical (unpaired) electrons. The zero-order chi connectivity index (χ0) is 12.0. The van der Waals surface area contributed by atoms with E-state index >= 15 is 0 Å². The molecule has 1 aliphatic rings. The van der Waals surface area contributed by atoms with E-state index in [0.29, 0.717) is 19.3 Å². The Morgan fingerprint density at radius 3 is 2.69 bits per heavy atom. The second kappa shape index (κ2) is 5.29. The molecule has 0 saturated carbocycles. The van der Waals surface area contributed by atoms with Crippen molar-refractivity contribution in [3.05, 3.63) is 12.2 Å². The van der Waals surface area contributed by atoms with Crippen LogP contribution in [-0.2, 0) is 14.3 Å². The molecule has 0 amide bonds. The van der Waals surface area contributed by atoms with Gasteiger partial charge in [-0.05, 0) is 18.9 Å². The summed E-state index contributed by atoms with van der Waals surface area (Å²) in [6.45, 7) is 0. The number of carbonyl (C=O) groups is 1. The molecule has 0 saturated heterocycles. The fraction of sp³-hybridized carbons (Fsp3) is 0.545. The largest absolute Gasteiger partial charge is 0.426 e. The number of nitrogens with zero attached hydrogens (tertiary/aromatic N) is 2. The van der Waals surface area contributed by atoms with Gasteiger partial charge in [0.1, 0.15) is 5.92 Å². The molecule has 1 aliphatic heterocycles. The summed E-state index contributed by atoms with van der Waals surface area (Å²) in [7, 11) is 1.45. The van der Waals surface area contributed by atoms with E-state index in [4.69, 9.17) is 20.0 Å². The molecular formula is C11H12N2O3. The number of esters is 1. The van der Waals surface area contributed by atoms with Gasteiger partial charge in [0, 0.05) is 19.6 Å². The molecule has 0 bridgehead atoms. The zero-order valence-corrected chi connectivity index (χ0v) is 8.97. The van der Waals surface area contributed by atoms with Crippen LogP contribution in [0.1, 0.15) is 19.3 Å². The molecule has 1 atom stereocenters. The van der Waals surface area contributed by atoms with Crippen LogP contribution in [0.25, 0.3) is 0 Å². The molecule has 1 heterocycles. The van der Waals surface area contributed by atoms with Crippen LogP contribution >= 0.6 is 0 Å². The van der Waals surface area contributed by atoms with Gasteiger partial charge in [-0.2, -0.15) is 10.5 Å². The SMILES string of the molecule is COC1(CCCC(C#N)C#N)C=CC(=O)O1. The third-order valence-electron chi connectivity index (χ3n) is 2.42. The van der Waals surface area contributed by atoms with E-state index in [-0.39, 0.29) is 0 Å². The van der Waals surface area contributed by atoms with Crippen molar-refractivity contribution in [2.75, 3.05) is 7.11 Å². The third-order valence-corrected chi connectivity index (χ3v) is 2.42. The summed E-state index contributed by atoms with van der Waals surface area (Å²) >= 11 is 0. The van der Waals surface area contributed by atoms with Crippen molar-refractivity contribution in [3.8, 4) is 12.1 Å². The first-order chi connectivity index (χ1) is 7.65. The van der Waals surface area contributed by atoms with Crippen LogP contribution in [0.15, 0.2) is 12.2 Å². The standard InChI is InChI=1S/C11H12N2O3/c1-15-11(6-4-10(14)16-11)5-2-3-9(7-12)8-13/h4,6,9H,2-3,5H2,1H3. The number of rotatable bonds is 5. The van der Waals surface area contributed by atoms with E-state index in [1.807, 2.05) is 12.1 Å². The number of carbonyl (C=O) groups excluding carboxylic acids is 1. The van der Waals surface area contributed by atoms with Gasteiger partial charge < -0.3 is 9.47 Å². The van der Waals surface area contributed by atoms with Crippen molar-refractivity contribution >= 4 is 5.97 Å². The minimum atomic E-state index is -1.01. The molecule has 0 spiro atoms. The van der Waals surface area contributed by atoms with E-state index in [2.05, 4.69) is 0 Å². The molecule has 0 fully saturated rings. The summed E-state index contributed by atoms with van der Waals surface area (Å²) in [6, 6.07) is 3.78. The van der Waals surface area contributed by atoms with Gasteiger partial charge in [-0.3, -0.25) is 0 Å². The summed E-state index contributed by atoms with van der Waals surface area (Å²) in [5, 5.41) is 17.2. The zero-order valence-electron chi connectivity index (χ0n) is 8.97. The predicted molar refractivity (Wildman–Crippen MR) is 53.5 cm³/mol. The summed E-state index contributed by atoms with van der Waals surface area (Å²) in [5.41, 5.74) is 0. The molecule has 0 aromatic carbocycles. The van der Waals surface area contributed by atoms with Crippen LogP contribution in [0, 0.1) is 28.6 Å². The molecule has 1 rings (SSSR count). The molecule has 5 nitrogen and oxygen atoms in total. The highest BCUT2D eigenvalue weighted by atomic mass is 16.7. The predicted octanol–water partition coefficient (Wildman–Crippen LogP) is 1.28. The Balaban J connectivity index is 2.43. The molecular weight excluding hydrogens is 208 g/mol. The lowest BCUT2D eigenvalue weighted by molar-refractivity contribution is -0.190. The molecule has 0 aromatic rings. The van der Waals surface area contributed by atoms with E-state index in [9.17, 15) is 4.79 Å². The molecule has 16 heavy (non-hydrogen) atoms. The molecule has 0 aliphatic carbocycles. The van der Waals surface area contributed by atoms with Crippen LogP contribution in [0.2, 0.25) is 0 Å². The normalized spacial score (nSPS) is 22.9. The fourth-order valence-electron chi connectivity index (χ4n) is 1.49. The first-order valence-corrected chi connectivity index (χ1v) is 4.92. The molecule has 5 heteroatoms. The average Bonchev–Trinajstić information content (AvgIpc) is 2.67. The van der Waals surface area contributed by atoms with Crippen molar-refractivity contribution in [2.45, 2.75) is 25.0 Å². The van der Waals surface area contributed by atoms with E-state index < -0.39 is 17.7 Å². The van der Waals surface area contributed by atoms with E-state index in [1.54, 1.807) is 6.08 Å². The molecule has 1 unspecified atom stereocenters. The number of methoxy groups -OCH3 is 1. The van der Waals surface area contributed by atoms with E-state index in [1.165, 1.54) is 13.2 Å². The maximum atomic E-state index is 10.9. The van der Waals surface area contributed by atoms with Gasteiger partial charge in [-0.15, -0.1) is 0 Å². The van der Waals surface area contributed by atoms with E-state index in [0.717, 1.165) is 0 Å². The molecule has 0 N–H and O–H groups in total. The second-order valence-corrected chi connectivity index (χ2v) is 3.47. The summed E-state index contributed by atoms with van der Waals surface area (Å²) < 4.78 is 10.1. The summed E-state index contributed by atoms with van der Waals surface area (Å²) in [5.74, 6) is -2.05. The van der Waals surface area contributed by atoms with Gasteiger partial charge in [-0.1, -0.05) is 0 Å². The van der Waals surface area contributed by atoms with Crippen LogP contribution in [-0.4, -0.2) is 18.9 Å². The number of cyclic esters (lactones) is 1. The minimum absolute atomic E-state index is 0.432. The number of nitriles is 2. The van der Waals surface area contributed by atoms with Gasteiger partial charge in [0.25, 0.3) is 0 Å². The van der Waals surface area contributed by atoms with Crippen molar-refractivity contribution in [1.82, 2.24) is 0 Å². The summed E-state index contributed by atoms with van der Waals surface area (Å²) in [4.78, 5) is 10.9. The number of hydrogen-bond acceptors (Lipinski definition) is 5. The Kier molecular flexibility index (Phi) is 4.04. The highest BCUT2D eigenvalue weighted by Gasteiger charge is 2.35. The molecule has 0 aromatic heterocycles. The monoisotopic (exact) mass is 220 g/mol.